The van der Waals surface area contributed by atoms with Gasteiger partial charge in [-0.2, -0.15) is 0 Å². The zero-order valence-corrected chi connectivity index (χ0v) is 10.4. The van der Waals surface area contributed by atoms with E-state index in [0.29, 0.717) is 18.1 Å². The Balaban J connectivity index is 2.13. The number of carbonyl (C=O) groups excluding carboxylic acids is 1. The lowest BCUT2D eigenvalue weighted by molar-refractivity contribution is -0.145. The fourth-order valence-electron chi connectivity index (χ4n) is 2.20. The zero-order valence-electron chi connectivity index (χ0n) is 10.4. The molecule has 1 saturated heterocycles. The summed E-state index contributed by atoms with van der Waals surface area (Å²) in [5.41, 5.74) is 11.8. The van der Waals surface area contributed by atoms with E-state index in [9.17, 15) is 4.79 Å². The van der Waals surface area contributed by atoms with Crippen molar-refractivity contribution in [1.29, 1.82) is 0 Å². The highest BCUT2D eigenvalue weighted by molar-refractivity contribution is 5.73. The van der Waals surface area contributed by atoms with E-state index in [1.807, 2.05) is 11.0 Å². The number of aromatic nitrogens is 1. The van der Waals surface area contributed by atoms with Crippen molar-refractivity contribution in [1.82, 2.24) is 4.98 Å². The molecular formula is C12H18N4O2. The molecule has 1 aliphatic heterocycles. The number of esters is 1. The number of nitrogen functional groups attached to an aromatic ring is 2. The molecule has 2 rings (SSSR count). The van der Waals surface area contributed by atoms with E-state index in [1.165, 1.54) is 7.11 Å². The summed E-state index contributed by atoms with van der Waals surface area (Å²) in [5, 5.41) is 0. The molecule has 0 radical (unpaired) electrons. The predicted octanol–water partition coefficient (Wildman–Crippen LogP) is 0.635. The van der Waals surface area contributed by atoms with Gasteiger partial charge in [0, 0.05) is 13.1 Å². The van der Waals surface area contributed by atoms with Gasteiger partial charge in [0.05, 0.1) is 18.7 Å². The lowest BCUT2D eigenvalue weighted by Crippen LogP contribution is -2.39. The van der Waals surface area contributed by atoms with Crippen LogP contribution in [0, 0.1) is 5.92 Å². The minimum absolute atomic E-state index is 0.0932. The monoisotopic (exact) mass is 250 g/mol. The Morgan fingerprint density at radius 3 is 2.94 bits per heavy atom. The number of hydrogen-bond donors (Lipinski definition) is 2. The highest BCUT2D eigenvalue weighted by Gasteiger charge is 2.27. The Morgan fingerprint density at radius 1 is 1.50 bits per heavy atom. The largest absolute Gasteiger partial charge is 0.469 e. The van der Waals surface area contributed by atoms with Gasteiger partial charge in [-0.3, -0.25) is 4.79 Å². The molecule has 1 aromatic heterocycles. The van der Waals surface area contributed by atoms with E-state index in [-0.39, 0.29) is 11.9 Å². The van der Waals surface area contributed by atoms with Gasteiger partial charge in [-0.1, -0.05) is 0 Å². The summed E-state index contributed by atoms with van der Waals surface area (Å²) in [4.78, 5) is 17.8. The van der Waals surface area contributed by atoms with E-state index < -0.39 is 0 Å². The van der Waals surface area contributed by atoms with Crippen molar-refractivity contribution >= 4 is 23.3 Å². The van der Waals surface area contributed by atoms with Crippen molar-refractivity contribution < 1.29 is 9.53 Å². The van der Waals surface area contributed by atoms with Crippen LogP contribution in [0.25, 0.3) is 0 Å². The van der Waals surface area contributed by atoms with Gasteiger partial charge in [0.1, 0.15) is 11.6 Å². The first-order chi connectivity index (χ1) is 8.61. The molecule has 0 amide bonds. The summed E-state index contributed by atoms with van der Waals surface area (Å²) in [6.45, 7) is 1.48. The second-order valence-corrected chi connectivity index (χ2v) is 4.45. The molecule has 98 valence electrons. The van der Waals surface area contributed by atoms with E-state index in [0.717, 1.165) is 25.2 Å². The Morgan fingerprint density at radius 2 is 2.28 bits per heavy atom. The molecule has 18 heavy (non-hydrogen) atoms. The first kappa shape index (κ1) is 12.5. The SMILES string of the molecule is COC(=O)[C@@H]1CCCN(c2ccc(N)c(N)n2)C1. The number of pyridine rings is 1. The van der Waals surface area contributed by atoms with Crippen LogP contribution in [0.5, 0.6) is 0 Å². The third kappa shape index (κ3) is 2.47. The minimum Gasteiger partial charge on any atom is -0.469 e. The second kappa shape index (κ2) is 5.12. The fraction of sp³-hybridized carbons (Fsp3) is 0.500. The Labute approximate surface area is 106 Å². The molecule has 0 bridgehead atoms. The van der Waals surface area contributed by atoms with E-state index >= 15 is 0 Å². The molecule has 4 N–H and O–H groups in total. The van der Waals surface area contributed by atoms with Gasteiger partial charge in [0.25, 0.3) is 0 Å². The molecule has 0 aliphatic carbocycles. The van der Waals surface area contributed by atoms with Crippen LogP contribution in [-0.4, -0.2) is 31.2 Å². The predicted molar refractivity (Wildman–Crippen MR) is 70.0 cm³/mol. The molecule has 0 saturated carbocycles. The van der Waals surface area contributed by atoms with Crippen molar-refractivity contribution in [2.75, 3.05) is 36.6 Å². The highest BCUT2D eigenvalue weighted by Crippen LogP contribution is 2.24. The minimum atomic E-state index is -0.164. The molecule has 1 fully saturated rings. The van der Waals surface area contributed by atoms with Gasteiger partial charge in [0.15, 0.2) is 0 Å². The van der Waals surface area contributed by atoms with Gasteiger partial charge in [-0.05, 0) is 25.0 Å². The first-order valence-electron chi connectivity index (χ1n) is 5.96. The number of piperidine rings is 1. The van der Waals surface area contributed by atoms with Gasteiger partial charge >= 0.3 is 5.97 Å². The maximum absolute atomic E-state index is 11.6. The number of anilines is 3. The summed E-state index contributed by atoms with van der Waals surface area (Å²) in [6.07, 6.45) is 1.79. The lowest BCUT2D eigenvalue weighted by Gasteiger charge is -2.32. The highest BCUT2D eigenvalue weighted by atomic mass is 16.5. The Hall–Kier alpha value is -1.98. The molecule has 6 nitrogen and oxygen atoms in total. The molecule has 1 atom stereocenters. The topological polar surface area (TPSA) is 94.5 Å². The number of hydrogen-bond acceptors (Lipinski definition) is 6. The van der Waals surface area contributed by atoms with E-state index in [1.54, 1.807) is 6.07 Å². The summed E-state index contributed by atoms with van der Waals surface area (Å²) in [6, 6.07) is 3.56. The zero-order chi connectivity index (χ0) is 13.1. The van der Waals surface area contributed by atoms with Crippen LogP contribution >= 0.6 is 0 Å². The average molecular weight is 250 g/mol. The van der Waals surface area contributed by atoms with Crippen molar-refractivity contribution in [2.45, 2.75) is 12.8 Å². The first-order valence-corrected chi connectivity index (χ1v) is 5.96. The number of methoxy groups -OCH3 is 1. The Bertz CT molecular complexity index is 450. The third-order valence-electron chi connectivity index (χ3n) is 3.22. The van der Waals surface area contributed by atoms with Crippen LogP contribution in [0.2, 0.25) is 0 Å². The number of nitrogens with two attached hydrogens (primary N) is 2. The lowest BCUT2D eigenvalue weighted by atomic mass is 9.98. The molecular weight excluding hydrogens is 232 g/mol. The van der Waals surface area contributed by atoms with Gasteiger partial charge in [-0.25, -0.2) is 4.98 Å². The summed E-state index contributed by atoms with van der Waals surface area (Å²) in [7, 11) is 1.42. The van der Waals surface area contributed by atoms with Gasteiger partial charge in [-0.15, -0.1) is 0 Å². The van der Waals surface area contributed by atoms with Crippen molar-refractivity contribution in [3.63, 3.8) is 0 Å². The number of ether oxygens (including phenoxy) is 1. The summed E-state index contributed by atoms with van der Waals surface area (Å²) >= 11 is 0. The molecule has 1 aromatic rings. The fourth-order valence-corrected chi connectivity index (χ4v) is 2.20. The smallest absolute Gasteiger partial charge is 0.310 e. The molecule has 0 spiro atoms. The van der Waals surface area contributed by atoms with Crippen LogP contribution < -0.4 is 16.4 Å². The Kier molecular flexibility index (Phi) is 3.55. The van der Waals surface area contributed by atoms with Crippen molar-refractivity contribution in [3.05, 3.63) is 12.1 Å². The quantitative estimate of drug-likeness (QED) is 0.748. The standard InChI is InChI=1S/C12H18N4O2/c1-18-12(17)8-3-2-6-16(7-8)10-5-4-9(13)11(14)15-10/h4-5,8H,2-3,6-7,13H2,1H3,(H2,14,15)/t8-/m1/s1. The average Bonchev–Trinajstić information content (AvgIpc) is 2.41. The number of nitrogens with zero attached hydrogens (tertiary/aromatic N) is 2. The summed E-state index contributed by atoms with van der Waals surface area (Å²) in [5.74, 6) is 0.829. The van der Waals surface area contributed by atoms with Crippen molar-refractivity contribution in [2.24, 2.45) is 5.92 Å². The third-order valence-corrected chi connectivity index (χ3v) is 3.22. The number of carbonyl (C=O) groups is 1. The molecule has 1 aliphatic rings. The second-order valence-electron chi connectivity index (χ2n) is 4.45. The normalized spacial score (nSPS) is 19.6. The van der Waals surface area contributed by atoms with Crippen LogP contribution in [-0.2, 0) is 9.53 Å². The van der Waals surface area contributed by atoms with Gasteiger partial charge in [0.2, 0.25) is 0 Å². The molecule has 6 heteroatoms. The van der Waals surface area contributed by atoms with Crippen LogP contribution in [0.4, 0.5) is 17.3 Å². The summed E-state index contributed by atoms with van der Waals surface area (Å²) < 4.78 is 4.79. The van der Waals surface area contributed by atoms with Crippen molar-refractivity contribution in [3.8, 4) is 0 Å². The van der Waals surface area contributed by atoms with Crippen LogP contribution in [0.15, 0.2) is 12.1 Å². The van der Waals surface area contributed by atoms with Crippen LogP contribution in [0.3, 0.4) is 0 Å². The van der Waals surface area contributed by atoms with E-state index in [4.69, 9.17) is 16.2 Å². The maximum atomic E-state index is 11.6. The molecule has 0 unspecified atom stereocenters. The van der Waals surface area contributed by atoms with Gasteiger partial charge < -0.3 is 21.1 Å². The van der Waals surface area contributed by atoms with E-state index in [2.05, 4.69) is 4.98 Å². The molecule has 2 heterocycles. The number of rotatable bonds is 2. The molecule has 0 aromatic carbocycles. The maximum Gasteiger partial charge on any atom is 0.310 e. The van der Waals surface area contributed by atoms with Crippen LogP contribution in [0.1, 0.15) is 12.8 Å².